The Kier molecular flexibility index (Phi) is 5.97. The summed E-state index contributed by atoms with van der Waals surface area (Å²) in [6.07, 6.45) is -2.97. The predicted molar refractivity (Wildman–Crippen MR) is 87.8 cm³/mol. The second-order valence-electron chi connectivity index (χ2n) is 4.68. The molecule has 0 fully saturated rings. The standard InChI is InChI=1S/C16H12BrF3N2O2/c17-13-5-1-11(2-6-13)9-21-24-10-15(23)22-14-7-3-12(4-8-14)16(18,19)20/h1-9H,10H2,(H,22,23)/b21-9-. The highest BCUT2D eigenvalue weighted by Gasteiger charge is 2.29. The average molecular weight is 401 g/mol. The fourth-order valence-electron chi connectivity index (χ4n) is 1.68. The average Bonchev–Trinajstić information content (AvgIpc) is 2.53. The molecule has 0 bridgehead atoms. The summed E-state index contributed by atoms with van der Waals surface area (Å²) in [7, 11) is 0. The predicted octanol–water partition coefficient (Wildman–Crippen LogP) is 4.46. The van der Waals surface area contributed by atoms with Gasteiger partial charge in [0, 0.05) is 10.2 Å². The zero-order valence-electron chi connectivity index (χ0n) is 12.2. The van der Waals surface area contributed by atoms with Gasteiger partial charge in [-0.05, 0) is 42.0 Å². The molecule has 0 radical (unpaired) electrons. The Morgan fingerprint density at radius 3 is 2.33 bits per heavy atom. The molecule has 4 nitrogen and oxygen atoms in total. The highest BCUT2D eigenvalue weighted by Crippen LogP contribution is 2.29. The fourth-order valence-corrected chi connectivity index (χ4v) is 1.95. The lowest BCUT2D eigenvalue weighted by Crippen LogP contribution is -2.17. The molecule has 24 heavy (non-hydrogen) atoms. The van der Waals surface area contributed by atoms with Crippen LogP contribution in [0.3, 0.4) is 0 Å². The second-order valence-corrected chi connectivity index (χ2v) is 5.60. The Balaban J connectivity index is 1.80. The summed E-state index contributed by atoms with van der Waals surface area (Å²) in [4.78, 5) is 16.5. The van der Waals surface area contributed by atoms with Crippen LogP contribution in [-0.2, 0) is 15.8 Å². The minimum Gasteiger partial charge on any atom is -0.386 e. The number of benzene rings is 2. The molecule has 0 unspecified atom stereocenters. The van der Waals surface area contributed by atoms with Crippen LogP contribution in [0.1, 0.15) is 11.1 Å². The summed E-state index contributed by atoms with van der Waals surface area (Å²) >= 11 is 3.30. The lowest BCUT2D eigenvalue weighted by Gasteiger charge is -2.08. The number of hydrogen-bond donors (Lipinski definition) is 1. The molecular weight excluding hydrogens is 389 g/mol. The SMILES string of the molecule is O=C(CO/N=C\c1ccc(Br)cc1)Nc1ccc(C(F)(F)F)cc1. The van der Waals surface area contributed by atoms with Crippen molar-refractivity contribution in [3.63, 3.8) is 0 Å². The van der Waals surface area contributed by atoms with Crippen LogP contribution in [-0.4, -0.2) is 18.7 Å². The summed E-state index contributed by atoms with van der Waals surface area (Å²) in [6, 6.07) is 11.4. The van der Waals surface area contributed by atoms with Crippen molar-refractivity contribution in [2.24, 2.45) is 5.16 Å². The van der Waals surface area contributed by atoms with E-state index in [1.165, 1.54) is 18.3 Å². The highest BCUT2D eigenvalue weighted by molar-refractivity contribution is 9.10. The molecule has 0 atom stereocenters. The first kappa shape index (κ1) is 18.0. The number of anilines is 1. The number of rotatable bonds is 5. The van der Waals surface area contributed by atoms with Gasteiger partial charge in [-0.3, -0.25) is 4.79 Å². The minimum absolute atomic E-state index is 0.244. The maximum absolute atomic E-state index is 12.4. The summed E-state index contributed by atoms with van der Waals surface area (Å²) in [5.41, 5.74) is 0.255. The smallest absolute Gasteiger partial charge is 0.386 e. The monoisotopic (exact) mass is 400 g/mol. The van der Waals surface area contributed by atoms with E-state index in [2.05, 4.69) is 26.4 Å². The van der Waals surface area contributed by atoms with Gasteiger partial charge < -0.3 is 10.2 Å². The van der Waals surface area contributed by atoms with Crippen molar-refractivity contribution in [3.05, 3.63) is 64.1 Å². The van der Waals surface area contributed by atoms with Gasteiger partial charge in [-0.15, -0.1) is 0 Å². The Bertz CT molecular complexity index is 714. The van der Waals surface area contributed by atoms with Gasteiger partial charge >= 0.3 is 6.18 Å². The first-order chi connectivity index (χ1) is 11.3. The molecule has 0 spiro atoms. The van der Waals surface area contributed by atoms with E-state index in [0.717, 1.165) is 22.2 Å². The first-order valence-electron chi connectivity index (χ1n) is 6.72. The quantitative estimate of drug-likeness (QED) is 0.594. The van der Waals surface area contributed by atoms with Crippen molar-refractivity contribution in [1.29, 1.82) is 0 Å². The number of carbonyl (C=O) groups is 1. The zero-order valence-corrected chi connectivity index (χ0v) is 13.8. The van der Waals surface area contributed by atoms with Crippen LogP contribution in [0.5, 0.6) is 0 Å². The van der Waals surface area contributed by atoms with Gasteiger partial charge in [-0.25, -0.2) is 0 Å². The molecule has 0 aliphatic rings. The molecule has 8 heteroatoms. The third kappa shape index (κ3) is 5.69. The van der Waals surface area contributed by atoms with Gasteiger partial charge in [0.2, 0.25) is 0 Å². The van der Waals surface area contributed by atoms with E-state index in [1.54, 1.807) is 12.1 Å². The summed E-state index contributed by atoms with van der Waals surface area (Å²) in [6.45, 7) is -0.353. The van der Waals surface area contributed by atoms with Crippen LogP contribution in [0.4, 0.5) is 18.9 Å². The molecular formula is C16H12BrF3N2O2. The molecule has 1 N–H and O–H groups in total. The van der Waals surface area contributed by atoms with Crippen LogP contribution in [0, 0.1) is 0 Å². The maximum Gasteiger partial charge on any atom is 0.416 e. The lowest BCUT2D eigenvalue weighted by molar-refractivity contribution is -0.137. The molecule has 126 valence electrons. The number of hydrogen-bond acceptors (Lipinski definition) is 3. The topological polar surface area (TPSA) is 50.7 Å². The Hall–Kier alpha value is -2.35. The molecule has 2 rings (SSSR count). The normalized spacial score (nSPS) is 11.5. The van der Waals surface area contributed by atoms with Crippen molar-refractivity contribution in [2.45, 2.75) is 6.18 Å². The highest BCUT2D eigenvalue weighted by atomic mass is 79.9. The Morgan fingerprint density at radius 2 is 1.75 bits per heavy atom. The van der Waals surface area contributed by atoms with E-state index in [-0.39, 0.29) is 12.3 Å². The number of nitrogens with one attached hydrogen (secondary N) is 1. The van der Waals surface area contributed by atoms with Gasteiger partial charge in [0.15, 0.2) is 6.61 Å². The maximum atomic E-state index is 12.4. The van der Waals surface area contributed by atoms with Gasteiger partial charge in [-0.1, -0.05) is 33.2 Å². The van der Waals surface area contributed by atoms with Crippen molar-refractivity contribution in [1.82, 2.24) is 0 Å². The molecule has 1 amide bonds. The molecule has 0 saturated heterocycles. The van der Waals surface area contributed by atoms with Crippen LogP contribution < -0.4 is 5.32 Å². The van der Waals surface area contributed by atoms with E-state index in [1.807, 2.05) is 12.1 Å². The minimum atomic E-state index is -4.41. The third-order valence-electron chi connectivity index (χ3n) is 2.84. The van der Waals surface area contributed by atoms with E-state index in [9.17, 15) is 18.0 Å². The van der Waals surface area contributed by atoms with Crippen molar-refractivity contribution < 1.29 is 22.8 Å². The molecule has 0 saturated carbocycles. The Labute approximate surface area is 144 Å². The van der Waals surface area contributed by atoms with Crippen LogP contribution in [0.25, 0.3) is 0 Å². The van der Waals surface area contributed by atoms with Gasteiger partial charge in [0.05, 0.1) is 11.8 Å². The van der Waals surface area contributed by atoms with Crippen LogP contribution in [0.2, 0.25) is 0 Å². The van der Waals surface area contributed by atoms with Crippen LogP contribution in [0.15, 0.2) is 58.2 Å². The molecule has 2 aromatic carbocycles. The number of halogens is 4. The molecule has 0 aliphatic heterocycles. The number of carbonyl (C=O) groups excluding carboxylic acids is 1. The van der Waals surface area contributed by atoms with Crippen molar-refractivity contribution in [2.75, 3.05) is 11.9 Å². The molecule has 0 heterocycles. The number of amides is 1. The van der Waals surface area contributed by atoms with Gasteiger partial charge in [0.1, 0.15) is 0 Å². The summed E-state index contributed by atoms with van der Waals surface area (Å²) < 4.78 is 38.2. The summed E-state index contributed by atoms with van der Waals surface area (Å²) in [5.74, 6) is -0.525. The van der Waals surface area contributed by atoms with E-state index < -0.39 is 17.6 Å². The zero-order chi connectivity index (χ0) is 17.6. The number of oxime groups is 1. The number of alkyl halides is 3. The molecule has 0 aromatic heterocycles. The third-order valence-corrected chi connectivity index (χ3v) is 3.37. The molecule has 0 aliphatic carbocycles. The van der Waals surface area contributed by atoms with Crippen LogP contribution >= 0.6 is 15.9 Å². The lowest BCUT2D eigenvalue weighted by atomic mass is 10.2. The fraction of sp³-hybridized carbons (Fsp3) is 0.125. The second kappa shape index (κ2) is 7.96. The van der Waals surface area contributed by atoms with E-state index in [4.69, 9.17) is 4.84 Å². The van der Waals surface area contributed by atoms with E-state index in [0.29, 0.717) is 0 Å². The van der Waals surface area contributed by atoms with Gasteiger partial charge in [-0.2, -0.15) is 13.2 Å². The largest absolute Gasteiger partial charge is 0.416 e. The van der Waals surface area contributed by atoms with Crippen molar-refractivity contribution >= 4 is 33.7 Å². The Morgan fingerprint density at radius 1 is 1.12 bits per heavy atom. The first-order valence-corrected chi connectivity index (χ1v) is 7.52. The number of nitrogens with zero attached hydrogens (tertiary/aromatic N) is 1. The van der Waals surface area contributed by atoms with E-state index >= 15 is 0 Å². The molecule has 2 aromatic rings. The van der Waals surface area contributed by atoms with Gasteiger partial charge in [0.25, 0.3) is 5.91 Å². The summed E-state index contributed by atoms with van der Waals surface area (Å²) in [5, 5.41) is 6.06. The van der Waals surface area contributed by atoms with Crippen molar-refractivity contribution in [3.8, 4) is 0 Å².